The number of carbonyl (C=O) groups is 4. The van der Waals surface area contributed by atoms with Gasteiger partial charge in [0.1, 0.15) is 30.9 Å². The van der Waals surface area contributed by atoms with Gasteiger partial charge in [0.2, 0.25) is 0 Å². The standard InChI is InChI=1S/C27H36O9/c1-12(28)34-20-16-8-17(31)25(7)19-18-15(10-32-11-33-18)9-24(6)21(35-13(2)29)22(36-14(3)30)27(25,23(16,4)5)26(19,20)24/h15-16,18-22H,8-11H2,1-7H3/t15-,16+,18+,19-,20?,21+,22+,24+,25+,26?,27-/m1/s1. The van der Waals surface area contributed by atoms with Crippen molar-refractivity contribution in [2.24, 2.45) is 44.8 Å². The summed E-state index contributed by atoms with van der Waals surface area (Å²) in [5.41, 5.74) is -3.96. The highest BCUT2D eigenvalue weighted by molar-refractivity contribution is 5.92. The monoisotopic (exact) mass is 504 g/mol. The molecule has 6 fully saturated rings. The van der Waals surface area contributed by atoms with E-state index in [1.165, 1.54) is 20.8 Å². The molecule has 6 aliphatic rings. The van der Waals surface area contributed by atoms with Crippen LogP contribution in [0.4, 0.5) is 0 Å². The van der Waals surface area contributed by atoms with E-state index in [-0.39, 0.29) is 42.9 Å². The number of carbonyl (C=O) groups excluding carboxylic acids is 4. The van der Waals surface area contributed by atoms with Crippen LogP contribution in [0.2, 0.25) is 0 Å². The molecule has 0 aromatic carbocycles. The lowest BCUT2D eigenvalue weighted by Crippen LogP contribution is -2.85. The molecule has 6 rings (SSSR count). The van der Waals surface area contributed by atoms with E-state index in [1.54, 1.807) is 0 Å². The molecule has 0 amide bonds. The maximum Gasteiger partial charge on any atom is 0.303 e. The fourth-order valence-electron chi connectivity index (χ4n) is 11.5. The highest BCUT2D eigenvalue weighted by atomic mass is 16.7. The summed E-state index contributed by atoms with van der Waals surface area (Å²) in [4.78, 5) is 52.0. The lowest BCUT2D eigenvalue weighted by atomic mass is 9.22. The van der Waals surface area contributed by atoms with Crippen molar-refractivity contribution >= 4 is 23.7 Å². The summed E-state index contributed by atoms with van der Waals surface area (Å²) >= 11 is 0. The molecule has 1 saturated heterocycles. The van der Waals surface area contributed by atoms with Crippen molar-refractivity contribution in [1.82, 2.24) is 0 Å². The van der Waals surface area contributed by atoms with Gasteiger partial charge in [-0.15, -0.1) is 0 Å². The molecule has 2 spiro atoms. The summed E-state index contributed by atoms with van der Waals surface area (Å²) in [6.45, 7) is 13.0. The third-order valence-electron chi connectivity index (χ3n) is 11.6. The van der Waals surface area contributed by atoms with Crippen LogP contribution in [-0.4, -0.2) is 61.5 Å². The molecule has 0 aromatic rings. The summed E-state index contributed by atoms with van der Waals surface area (Å²) in [6.07, 6.45) is -1.73. The summed E-state index contributed by atoms with van der Waals surface area (Å²) in [6, 6.07) is 0. The van der Waals surface area contributed by atoms with E-state index in [0.29, 0.717) is 13.0 Å². The Balaban J connectivity index is 1.72. The third kappa shape index (κ3) is 2.14. The van der Waals surface area contributed by atoms with Gasteiger partial charge in [-0.2, -0.15) is 0 Å². The quantitative estimate of drug-likeness (QED) is 0.422. The van der Waals surface area contributed by atoms with E-state index in [2.05, 4.69) is 20.8 Å². The molecule has 0 N–H and O–H groups in total. The van der Waals surface area contributed by atoms with E-state index in [4.69, 9.17) is 23.7 Å². The van der Waals surface area contributed by atoms with Gasteiger partial charge in [-0.25, -0.2) is 0 Å². The smallest absolute Gasteiger partial charge is 0.303 e. The van der Waals surface area contributed by atoms with Crippen molar-refractivity contribution in [3.8, 4) is 0 Å². The van der Waals surface area contributed by atoms with Gasteiger partial charge in [0.05, 0.1) is 12.7 Å². The molecule has 9 nitrogen and oxygen atoms in total. The molecule has 11 atom stereocenters. The number of hydrogen-bond donors (Lipinski definition) is 0. The maximum absolute atomic E-state index is 14.2. The number of hydrogen-bond acceptors (Lipinski definition) is 9. The molecule has 2 unspecified atom stereocenters. The minimum Gasteiger partial charge on any atom is -0.462 e. The second-order valence-corrected chi connectivity index (χ2v) is 12.9. The van der Waals surface area contributed by atoms with Crippen LogP contribution in [-0.2, 0) is 42.9 Å². The van der Waals surface area contributed by atoms with Crippen LogP contribution in [0.15, 0.2) is 0 Å². The molecular formula is C27H36O9. The van der Waals surface area contributed by atoms with Crippen molar-refractivity contribution < 1.29 is 42.9 Å². The van der Waals surface area contributed by atoms with Crippen LogP contribution in [0.3, 0.4) is 0 Å². The van der Waals surface area contributed by atoms with Gasteiger partial charge in [-0.05, 0) is 11.8 Å². The zero-order valence-corrected chi connectivity index (χ0v) is 22.0. The average molecular weight is 505 g/mol. The van der Waals surface area contributed by atoms with Crippen molar-refractivity contribution in [2.75, 3.05) is 13.4 Å². The Kier molecular flexibility index (Phi) is 4.66. The largest absolute Gasteiger partial charge is 0.462 e. The van der Waals surface area contributed by atoms with Crippen molar-refractivity contribution in [2.45, 2.75) is 85.7 Å². The first-order valence-electron chi connectivity index (χ1n) is 13.0. The van der Waals surface area contributed by atoms with Gasteiger partial charge < -0.3 is 23.7 Å². The fraction of sp³-hybridized carbons (Fsp3) is 0.852. The zero-order chi connectivity index (χ0) is 26.2. The first kappa shape index (κ1) is 24.3. The number of ether oxygens (including phenoxy) is 5. The van der Waals surface area contributed by atoms with E-state index in [9.17, 15) is 19.2 Å². The number of fused-ring (bicyclic) bond motifs is 4. The zero-order valence-electron chi connectivity index (χ0n) is 22.0. The van der Waals surface area contributed by atoms with Gasteiger partial charge in [-0.3, -0.25) is 19.2 Å². The summed E-state index contributed by atoms with van der Waals surface area (Å²) < 4.78 is 30.4. The van der Waals surface area contributed by atoms with Crippen LogP contribution >= 0.6 is 0 Å². The van der Waals surface area contributed by atoms with Crippen molar-refractivity contribution in [3.05, 3.63) is 0 Å². The van der Waals surface area contributed by atoms with Crippen LogP contribution in [0.25, 0.3) is 0 Å². The number of rotatable bonds is 3. The molecule has 1 heterocycles. The molecule has 0 aromatic heterocycles. The molecule has 36 heavy (non-hydrogen) atoms. The lowest BCUT2D eigenvalue weighted by molar-refractivity contribution is -0.387. The molecule has 5 saturated carbocycles. The molecule has 1 aliphatic heterocycles. The normalized spacial score (nSPS) is 53.0. The van der Waals surface area contributed by atoms with Crippen LogP contribution in [0.5, 0.6) is 0 Å². The van der Waals surface area contributed by atoms with E-state index in [1.807, 2.05) is 6.92 Å². The van der Waals surface area contributed by atoms with Crippen molar-refractivity contribution in [3.63, 3.8) is 0 Å². The van der Waals surface area contributed by atoms with E-state index < -0.39 is 63.3 Å². The van der Waals surface area contributed by atoms with Gasteiger partial charge in [0, 0.05) is 66.6 Å². The maximum atomic E-state index is 14.2. The first-order valence-corrected chi connectivity index (χ1v) is 13.0. The Bertz CT molecular complexity index is 1080. The minimum absolute atomic E-state index is 0.0446. The highest BCUT2D eigenvalue weighted by Gasteiger charge is 3.04. The van der Waals surface area contributed by atoms with Gasteiger partial charge in [0.25, 0.3) is 0 Å². The van der Waals surface area contributed by atoms with E-state index >= 15 is 0 Å². The van der Waals surface area contributed by atoms with Gasteiger partial charge >= 0.3 is 17.9 Å². The van der Waals surface area contributed by atoms with Crippen LogP contribution in [0, 0.1) is 44.8 Å². The lowest BCUT2D eigenvalue weighted by Gasteiger charge is -2.80. The van der Waals surface area contributed by atoms with Crippen molar-refractivity contribution in [1.29, 1.82) is 0 Å². The fourth-order valence-corrected chi connectivity index (χ4v) is 11.5. The highest BCUT2D eigenvalue weighted by Crippen LogP contribution is 2.98. The predicted molar refractivity (Wildman–Crippen MR) is 122 cm³/mol. The van der Waals surface area contributed by atoms with Gasteiger partial charge in [-0.1, -0.05) is 27.7 Å². The molecule has 198 valence electrons. The van der Waals surface area contributed by atoms with Crippen LogP contribution < -0.4 is 0 Å². The van der Waals surface area contributed by atoms with Crippen LogP contribution in [0.1, 0.15) is 61.3 Å². The predicted octanol–water partition coefficient (Wildman–Crippen LogP) is 2.43. The average Bonchev–Trinajstić information content (AvgIpc) is 2.92. The Labute approximate surface area is 210 Å². The number of ketones is 1. The summed E-state index contributed by atoms with van der Waals surface area (Å²) in [7, 11) is 0. The third-order valence-corrected chi connectivity index (χ3v) is 11.6. The van der Waals surface area contributed by atoms with E-state index in [0.717, 1.165) is 0 Å². The summed E-state index contributed by atoms with van der Waals surface area (Å²) in [5, 5.41) is 0. The minimum atomic E-state index is -0.932. The second kappa shape index (κ2) is 6.90. The Morgan fingerprint density at radius 1 is 0.889 bits per heavy atom. The SMILES string of the molecule is CC(=O)OC1[C@@H]2CC(=O)[C@@]3(C)[C@H]4[C@H]5OCOC[C@H]5C[C@@]5(C)[C@@H](OC(C)=O)[C@H](OC(C)=O)[C@]3(C2(C)C)C145. The summed E-state index contributed by atoms with van der Waals surface area (Å²) in [5.74, 6) is -1.94. The molecular weight excluding hydrogens is 468 g/mol. The number of esters is 3. The first-order chi connectivity index (χ1) is 16.7. The Hall–Kier alpha value is -2.00. The van der Waals surface area contributed by atoms with Gasteiger partial charge in [0.15, 0.2) is 0 Å². The molecule has 9 heteroatoms. The Morgan fingerprint density at radius 2 is 1.47 bits per heavy atom. The molecule has 2 bridgehead atoms. The Morgan fingerprint density at radius 3 is 2.08 bits per heavy atom. The number of Topliss-reactive ketones (excluding diaryl/α,β-unsaturated/α-hetero) is 1. The second-order valence-electron chi connectivity index (χ2n) is 12.9. The molecule has 5 aliphatic carbocycles. The topological polar surface area (TPSA) is 114 Å². The molecule has 0 radical (unpaired) electrons.